The van der Waals surface area contributed by atoms with Crippen LogP contribution in [0.1, 0.15) is 26.3 Å². The molecule has 174 valence electrons. The fraction of sp³-hybridized carbons (Fsp3) is 0.261. The minimum Gasteiger partial charge on any atom is -0.454 e. The van der Waals surface area contributed by atoms with Crippen LogP contribution in [-0.4, -0.2) is 36.2 Å². The first-order valence-electron chi connectivity index (χ1n) is 10.5. The van der Waals surface area contributed by atoms with E-state index in [0.29, 0.717) is 29.8 Å². The first kappa shape index (κ1) is 21.6. The molecule has 11 heteroatoms. The molecule has 0 bridgehead atoms. The third-order valence-corrected chi connectivity index (χ3v) is 5.36. The maximum Gasteiger partial charge on any atom is 0.435 e. The summed E-state index contributed by atoms with van der Waals surface area (Å²) in [6.07, 6.45) is 4.77. The number of nitrogens with zero attached hydrogens (tertiary/aromatic N) is 5. The highest BCUT2D eigenvalue weighted by molar-refractivity contribution is 5.94. The second kappa shape index (κ2) is 7.65. The molecule has 4 aromatic rings. The lowest BCUT2D eigenvalue weighted by molar-refractivity contribution is -0.385. The monoisotopic (exact) mass is 465 g/mol. The standard InChI is InChI=1S/C23H20FN5O5/c1-23(2,3)34-22(30)28-12-14(11-26-28)20-16-6-7-27-21(16)13(10-25-27)8-19(20)33-18-5-4-15(29(31)32)9-17(18)24/h4-5,8-12H,6-7H2,1-3H3. The van der Waals surface area contributed by atoms with Gasteiger partial charge in [-0.2, -0.15) is 14.9 Å². The molecule has 0 aliphatic carbocycles. The predicted molar refractivity (Wildman–Crippen MR) is 119 cm³/mol. The number of rotatable bonds is 4. The fourth-order valence-corrected chi connectivity index (χ4v) is 4.01. The van der Waals surface area contributed by atoms with Gasteiger partial charge in [0.1, 0.15) is 11.4 Å². The van der Waals surface area contributed by atoms with Gasteiger partial charge in [-0.1, -0.05) is 0 Å². The normalized spacial score (nSPS) is 12.8. The predicted octanol–water partition coefficient (Wildman–Crippen LogP) is 5.08. The van der Waals surface area contributed by atoms with E-state index in [1.165, 1.54) is 24.5 Å². The van der Waals surface area contributed by atoms with Gasteiger partial charge in [0.2, 0.25) is 0 Å². The van der Waals surface area contributed by atoms with Gasteiger partial charge in [-0.15, -0.1) is 0 Å². The Bertz CT molecular complexity index is 1470. The van der Waals surface area contributed by atoms with Crippen molar-refractivity contribution in [2.45, 2.75) is 39.3 Å². The number of carbonyl (C=O) groups is 1. The molecule has 0 saturated heterocycles. The molecule has 3 heterocycles. The van der Waals surface area contributed by atoms with E-state index in [-0.39, 0.29) is 11.4 Å². The van der Waals surface area contributed by atoms with Crippen LogP contribution in [0.4, 0.5) is 14.9 Å². The molecule has 0 radical (unpaired) electrons. The van der Waals surface area contributed by atoms with Crippen molar-refractivity contribution in [2.24, 2.45) is 0 Å². The number of hydrogen-bond donors (Lipinski definition) is 0. The number of non-ortho nitro benzene ring substituents is 1. The van der Waals surface area contributed by atoms with E-state index in [1.54, 1.807) is 33.0 Å². The van der Waals surface area contributed by atoms with Gasteiger partial charge in [0.05, 0.1) is 28.9 Å². The van der Waals surface area contributed by atoms with Gasteiger partial charge in [0.15, 0.2) is 11.6 Å². The number of benzene rings is 2. The number of nitro groups is 1. The zero-order valence-electron chi connectivity index (χ0n) is 18.6. The summed E-state index contributed by atoms with van der Waals surface area (Å²) >= 11 is 0. The number of hydrogen-bond acceptors (Lipinski definition) is 7. The van der Waals surface area contributed by atoms with Crippen LogP contribution >= 0.6 is 0 Å². The van der Waals surface area contributed by atoms with Crippen LogP contribution in [0.25, 0.3) is 22.0 Å². The first-order chi connectivity index (χ1) is 16.1. The van der Waals surface area contributed by atoms with E-state index in [9.17, 15) is 19.3 Å². The van der Waals surface area contributed by atoms with Crippen LogP contribution in [0, 0.1) is 15.9 Å². The Morgan fingerprint density at radius 1 is 1.18 bits per heavy atom. The molecule has 10 nitrogen and oxygen atoms in total. The molecule has 0 saturated carbocycles. The van der Waals surface area contributed by atoms with Crippen molar-refractivity contribution >= 4 is 22.7 Å². The molecule has 1 aliphatic rings. The highest BCUT2D eigenvalue weighted by Gasteiger charge is 2.27. The van der Waals surface area contributed by atoms with Gasteiger partial charge in [-0.25, -0.2) is 9.18 Å². The topological polar surface area (TPSA) is 114 Å². The number of aryl methyl sites for hydroxylation is 2. The number of nitro benzene ring substituents is 1. The second-order valence-corrected chi connectivity index (χ2v) is 8.91. The molecule has 2 aromatic heterocycles. The third-order valence-electron chi connectivity index (χ3n) is 5.36. The van der Waals surface area contributed by atoms with Crippen molar-refractivity contribution in [3.05, 3.63) is 64.4 Å². The molecule has 0 fully saturated rings. The second-order valence-electron chi connectivity index (χ2n) is 8.91. The fourth-order valence-electron chi connectivity index (χ4n) is 4.01. The van der Waals surface area contributed by atoms with Crippen LogP contribution < -0.4 is 4.74 Å². The number of aromatic nitrogens is 4. The lowest BCUT2D eigenvalue weighted by atomic mass is 9.97. The molecular weight excluding hydrogens is 445 g/mol. The Morgan fingerprint density at radius 3 is 2.68 bits per heavy atom. The van der Waals surface area contributed by atoms with Gasteiger partial charge in [-0.05, 0) is 44.9 Å². The SMILES string of the molecule is CC(C)(C)OC(=O)n1cc(-c2c(Oc3ccc([N+](=O)[O-])cc3F)cc3cnn4c3c2CC4)cn1. The number of halogens is 1. The van der Waals surface area contributed by atoms with E-state index < -0.39 is 22.4 Å². The summed E-state index contributed by atoms with van der Waals surface area (Å²) in [5.41, 5.74) is 2.01. The third kappa shape index (κ3) is 3.74. The Balaban J connectivity index is 1.61. The Morgan fingerprint density at radius 2 is 1.97 bits per heavy atom. The maximum atomic E-state index is 14.6. The highest BCUT2D eigenvalue weighted by Crippen LogP contribution is 2.43. The van der Waals surface area contributed by atoms with E-state index >= 15 is 0 Å². The average molecular weight is 465 g/mol. The molecule has 0 amide bonds. The van der Waals surface area contributed by atoms with Gasteiger partial charge in [-0.3, -0.25) is 14.8 Å². The quantitative estimate of drug-likeness (QED) is 0.305. The number of carbonyl (C=O) groups excluding carboxylic acids is 1. The maximum absolute atomic E-state index is 14.6. The van der Waals surface area contributed by atoms with Gasteiger partial charge < -0.3 is 9.47 Å². The lowest BCUT2D eigenvalue weighted by Crippen LogP contribution is -2.27. The molecule has 1 aliphatic heterocycles. The largest absolute Gasteiger partial charge is 0.454 e. The molecule has 5 rings (SSSR count). The first-order valence-corrected chi connectivity index (χ1v) is 10.5. The van der Waals surface area contributed by atoms with Crippen LogP contribution in [0.5, 0.6) is 11.5 Å². The molecule has 2 aromatic carbocycles. The Labute approximate surface area is 192 Å². The van der Waals surface area contributed by atoms with Crippen molar-refractivity contribution in [2.75, 3.05) is 0 Å². The lowest BCUT2D eigenvalue weighted by Gasteiger charge is -2.18. The molecule has 0 unspecified atom stereocenters. The Hall–Kier alpha value is -4.28. The van der Waals surface area contributed by atoms with E-state index in [2.05, 4.69) is 10.2 Å². The summed E-state index contributed by atoms with van der Waals surface area (Å²) in [6.45, 7) is 5.95. The van der Waals surface area contributed by atoms with Gasteiger partial charge in [0.25, 0.3) is 5.69 Å². The summed E-state index contributed by atoms with van der Waals surface area (Å²) in [7, 11) is 0. The molecular formula is C23H20FN5O5. The van der Waals surface area contributed by atoms with Crippen LogP contribution in [-0.2, 0) is 17.7 Å². The van der Waals surface area contributed by atoms with Crippen LogP contribution in [0.3, 0.4) is 0 Å². The summed E-state index contributed by atoms with van der Waals surface area (Å²) in [6, 6.07) is 4.93. The van der Waals surface area contributed by atoms with E-state index in [0.717, 1.165) is 27.2 Å². The zero-order valence-corrected chi connectivity index (χ0v) is 18.6. The minimum absolute atomic E-state index is 0.164. The summed E-state index contributed by atoms with van der Waals surface area (Å²) in [5.74, 6) is -0.708. The van der Waals surface area contributed by atoms with Crippen LogP contribution in [0.15, 0.2) is 42.9 Å². The molecule has 0 spiro atoms. The van der Waals surface area contributed by atoms with Crippen molar-refractivity contribution in [1.82, 2.24) is 19.6 Å². The smallest absolute Gasteiger partial charge is 0.435 e. The van der Waals surface area contributed by atoms with Crippen molar-refractivity contribution in [3.8, 4) is 22.6 Å². The average Bonchev–Trinajstić information content (AvgIpc) is 3.48. The van der Waals surface area contributed by atoms with Gasteiger partial charge in [0, 0.05) is 35.3 Å². The summed E-state index contributed by atoms with van der Waals surface area (Å²) in [4.78, 5) is 22.8. The van der Waals surface area contributed by atoms with Crippen molar-refractivity contribution in [3.63, 3.8) is 0 Å². The summed E-state index contributed by atoms with van der Waals surface area (Å²) < 4.78 is 28.9. The van der Waals surface area contributed by atoms with Crippen LogP contribution in [0.2, 0.25) is 0 Å². The molecule has 0 atom stereocenters. The highest BCUT2D eigenvalue weighted by atomic mass is 19.1. The van der Waals surface area contributed by atoms with E-state index in [1.807, 2.05) is 4.68 Å². The van der Waals surface area contributed by atoms with Gasteiger partial charge >= 0.3 is 6.09 Å². The summed E-state index contributed by atoms with van der Waals surface area (Å²) in [5, 5.41) is 20.3. The van der Waals surface area contributed by atoms with Crippen molar-refractivity contribution < 1.29 is 23.6 Å². The van der Waals surface area contributed by atoms with Crippen molar-refractivity contribution in [1.29, 1.82) is 0 Å². The Kier molecular flexibility index (Phi) is 4.85. The minimum atomic E-state index is -0.864. The molecule has 0 N–H and O–H groups in total. The van der Waals surface area contributed by atoms with E-state index in [4.69, 9.17) is 9.47 Å². The molecule has 34 heavy (non-hydrogen) atoms. The zero-order chi connectivity index (χ0) is 24.2. The number of ether oxygens (including phenoxy) is 2.